The first kappa shape index (κ1) is 12.6. The van der Waals surface area contributed by atoms with Gasteiger partial charge in [0, 0.05) is 27.7 Å². The van der Waals surface area contributed by atoms with Crippen molar-refractivity contribution in [3.05, 3.63) is 81.1 Å². The highest BCUT2D eigenvalue weighted by molar-refractivity contribution is 6.31. The van der Waals surface area contributed by atoms with Crippen LogP contribution in [0.5, 0.6) is 0 Å². The Bertz CT molecular complexity index is 853. The van der Waals surface area contributed by atoms with Gasteiger partial charge in [0.05, 0.1) is 5.56 Å². The predicted octanol–water partition coefficient (Wildman–Crippen LogP) is 3.41. The maximum absolute atomic E-state index is 12.4. The summed E-state index contributed by atoms with van der Waals surface area (Å²) in [7, 11) is 0. The van der Waals surface area contributed by atoms with Crippen LogP contribution in [0, 0.1) is 0 Å². The number of carbonyl (C=O) groups is 1. The summed E-state index contributed by atoms with van der Waals surface area (Å²) in [4.78, 5) is 27.7. The smallest absolute Gasteiger partial charge is 0.200 e. The van der Waals surface area contributed by atoms with Crippen molar-refractivity contribution in [1.82, 2.24) is 4.98 Å². The van der Waals surface area contributed by atoms with Crippen molar-refractivity contribution >= 4 is 28.3 Å². The zero-order chi connectivity index (χ0) is 14.1. The van der Waals surface area contributed by atoms with Gasteiger partial charge in [-0.15, -0.1) is 0 Å². The van der Waals surface area contributed by atoms with Gasteiger partial charge in [-0.3, -0.25) is 9.59 Å². The van der Waals surface area contributed by atoms with E-state index in [9.17, 15) is 9.59 Å². The molecule has 3 rings (SSSR count). The van der Waals surface area contributed by atoms with E-state index in [-0.39, 0.29) is 16.8 Å². The van der Waals surface area contributed by atoms with Gasteiger partial charge in [0.2, 0.25) is 5.43 Å². The lowest BCUT2D eigenvalue weighted by atomic mass is 10.0. The number of fused-ring (bicyclic) bond motifs is 1. The van der Waals surface area contributed by atoms with Crippen LogP contribution in [0.1, 0.15) is 15.9 Å². The van der Waals surface area contributed by atoms with Gasteiger partial charge in [-0.25, -0.2) is 0 Å². The number of pyridine rings is 1. The van der Waals surface area contributed by atoms with Crippen molar-refractivity contribution in [3.63, 3.8) is 0 Å². The van der Waals surface area contributed by atoms with Crippen LogP contribution in [-0.2, 0) is 0 Å². The molecule has 0 saturated heterocycles. The van der Waals surface area contributed by atoms with Crippen LogP contribution >= 0.6 is 11.6 Å². The SMILES string of the molecule is O=C(c1ccccc1)c1c[nH]c2ccc(Cl)cc2c1=O. The van der Waals surface area contributed by atoms with Crippen molar-refractivity contribution in [1.29, 1.82) is 0 Å². The normalized spacial score (nSPS) is 10.7. The Kier molecular flexibility index (Phi) is 3.12. The molecule has 0 unspecified atom stereocenters. The number of rotatable bonds is 2. The number of halogens is 1. The monoisotopic (exact) mass is 283 g/mol. The third kappa shape index (κ3) is 2.12. The Labute approximate surface area is 119 Å². The van der Waals surface area contributed by atoms with Crippen molar-refractivity contribution < 1.29 is 4.79 Å². The van der Waals surface area contributed by atoms with Crippen LogP contribution in [0.2, 0.25) is 5.02 Å². The van der Waals surface area contributed by atoms with Crippen molar-refractivity contribution in [3.8, 4) is 0 Å². The molecular weight excluding hydrogens is 274 g/mol. The molecule has 0 saturated carbocycles. The average Bonchev–Trinajstić information content (AvgIpc) is 2.48. The Balaban J connectivity index is 2.20. The fourth-order valence-corrected chi connectivity index (χ4v) is 2.28. The first-order valence-corrected chi connectivity index (χ1v) is 6.45. The number of aromatic amines is 1. The third-order valence-corrected chi connectivity index (χ3v) is 3.36. The molecule has 0 fully saturated rings. The summed E-state index contributed by atoms with van der Waals surface area (Å²) in [5, 5.41) is 0.881. The third-order valence-electron chi connectivity index (χ3n) is 3.12. The van der Waals surface area contributed by atoms with Crippen molar-refractivity contribution in [2.45, 2.75) is 0 Å². The second-order valence-electron chi connectivity index (χ2n) is 4.42. The topological polar surface area (TPSA) is 49.9 Å². The molecule has 4 heteroatoms. The molecule has 0 aliphatic heterocycles. The van der Waals surface area contributed by atoms with Crippen LogP contribution < -0.4 is 5.43 Å². The van der Waals surface area contributed by atoms with Crippen LogP contribution in [0.3, 0.4) is 0 Å². The highest BCUT2D eigenvalue weighted by Gasteiger charge is 2.14. The van der Waals surface area contributed by atoms with E-state index in [0.717, 1.165) is 0 Å². The highest BCUT2D eigenvalue weighted by Crippen LogP contribution is 2.16. The van der Waals surface area contributed by atoms with E-state index in [1.54, 1.807) is 42.5 Å². The molecule has 0 aliphatic carbocycles. The molecule has 0 aliphatic rings. The summed E-state index contributed by atoms with van der Waals surface area (Å²) in [5.74, 6) is -0.297. The van der Waals surface area contributed by atoms with E-state index in [0.29, 0.717) is 21.5 Å². The van der Waals surface area contributed by atoms with Crippen LogP contribution in [0.25, 0.3) is 10.9 Å². The molecule has 0 radical (unpaired) electrons. The zero-order valence-corrected chi connectivity index (χ0v) is 11.1. The fraction of sp³-hybridized carbons (Fsp3) is 0. The molecule has 1 N–H and O–H groups in total. The van der Waals surface area contributed by atoms with Gasteiger partial charge < -0.3 is 4.98 Å². The number of hydrogen-bond donors (Lipinski definition) is 1. The molecular formula is C16H10ClNO2. The van der Waals surface area contributed by atoms with E-state index in [4.69, 9.17) is 11.6 Å². The number of hydrogen-bond acceptors (Lipinski definition) is 2. The maximum atomic E-state index is 12.4. The Hall–Kier alpha value is -2.39. The minimum Gasteiger partial charge on any atom is -0.360 e. The molecule has 1 heterocycles. The second kappa shape index (κ2) is 4.94. The molecule has 3 aromatic rings. The second-order valence-corrected chi connectivity index (χ2v) is 4.85. The van der Waals surface area contributed by atoms with Gasteiger partial charge in [0.15, 0.2) is 5.78 Å². The van der Waals surface area contributed by atoms with E-state index in [1.165, 1.54) is 6.20 Å². The predicted molar refractivity (Wildman–Crippen MR) is 79.5 cm³/mol. The Morgan fingerprint density at radius 2 is 1.80 bits per heavy atom. The standard InChI is InChI=1S/C16H10ClNO2/c17-11-6-7-14-12(8-11)16(20)13(9-18-14)15(19)10-4-2-1-3-5-10/h1-9H,(H,18,20). The van der Waals surface area contributed by atoms with E-state index >= 15 is 0 Å². The Morgan fingerprint density at radius 3 is 2.55 bits per heavy atom. The van der Waals surface area contributed by atoms with E-state index in [1.807, 2.05) is 6.07 Å². The number of benzene rings is 2. The maximum Gasteiger partial charge on any atom is 0.200 e. The first-order valence-electron chi connectivity index (χ1n) is 6.07. The molecule has 20 heavy (non-hydrogen) atoms. The number of nitrogens with one attached hydrogen (secondary N) is 1. The average molecular weight is 284 g/mol. The minimum atomic E-state index is -0.310. The summed E-state index contributed by atoms with van der Waals surface area (Å²) >= 11 is 5.90. The molecule has 3 nitrogen and oxygen atoms in total. The van der Waals surface area contributed by atoms with Gasteiger partial charge in [-0.1, -0.05) is 41.9 Å². The van der Waals surface area contributed by atoms with Gasteiger partial charge >= 0.3 is 0 Å². The minimum absolute atomic E-state index is 0.117. The molecule has 98 valence electrons. The summed E-state index contributed by atoms with van der Waals surface area (Å²) in [6.45, 7) is 0. The summed E-state index contributed by atoms with van der Waals surface area (Å²) in [5.41, 5.74) is 0.949. The summed E-state index contributed by atoms with van der Waals surface area (Å²) in [6.07, 6.45) is 1.45. The molecule has 0 amide bonds. The molecule has 0 bridgehead atoms. The quantitative estimate of drug-likeness (QED) is 0.733. The molecule has 1 aromatic heterocycles. The fourth-order valence-electron chi connectivity index (χ4n) is 2.10. The van der Waals surface area contributed by atoms with Gasteiger partial charge in [0.25, 0.3) is 0 Å². The van der Waals surface area contributed by atoms with Gasteiger partial charge in [0.1, 0.15) is 0 Å². The highest BCUT2D eigenvalue weighted by atomic mass is 35.5. The summed E-state index contributed by atoms with van der Waals surface area (Å²) in [6, 6.07) is 13.7. The lowest BCUT2D eigenvalue weighted by Crippen LogP contribution is -2.16. The van der Waals surface area contributed by atoms with Crippen LogP contribution in [-0.4, -0.2) is 10.8 Å². The van der Waals surface area contributed by atoms with Crippen molar-refractivity contribution in [2.24, 2.45) is 0 Å². The molecule has 0 spiro atoms. The van der Waals surface area contributed by atoms with Crippen LogP contribution in [0.4, 0.5) is 0 Å². The zero-order valence-electron chi connectivity index (χ0n) is 10.4. The van der Waals surface area contributed by atoms with Crippen LogP contribution in [0.15, 0.2) is 59.5 Å². The largest absolute Gasteiger partial charge is 0.360 e. The van der Waals surface area contributed by atoms with Crippen molar-refractivity contribution in [2.75, 3.05) is 0 Å². The number of carbonyl (C=O) groups excluding carboxylic acids is 1. The molecule has 0 atom stereocenters. The van der Waals surface area contributed by atoms with E-state index in [2.05, 4.69) is 4.98 Å². The van der Waals surface area contributed by atoms with Gasteiger partial charge in [-0.2, -0.15) is 0 Å². The van der Waals surface area contributed by atoms with Gasteiger partial charge in [-0.05, 0) is 18.2 Å². The number of aromatic nitrogens is 1. The first-order chi connectivity index (χ1) is 9.66. The lowest BCUT2D eigenvalue weighted by molar-refractivity contribution is 0.103. The lowest BCUT2D eigenvalue weighted by Gasteiger charge is -2.03. The summed E-state index contributed by atoms with van der Waals surface area (Å²) < 4.78 is 0. The Morgan fingerprint density at radius 1 is 1.05 bits per heavy atom. The van der Waals surface area contributed by atoms with E-state index < -0.39 is 0 Å². The number of ketones is 1. The number of H-pyrrole nitrogens is 1. The molecule has 2 aromatic carbocycles.